The van der Waals surface area contributed by atoms with Gasteiger partial charge in [0, 0.05) is 12.1 Å². The monoisotopic (exact) mass is 464 g/mol. The van der Waals surface area contributed by atoms with Gasteiger partial charge in [-0.05, 0) is 62.6 Å². The molecule has 0 aliphatic rings. The lowest BCUT2D eigenvalue weighted by Crippen LogP contribution is -2.53. The molecule has 2 aromatic carbocycles. The van der Waals surface area contributed by atoms with E-state index in [1.165, 1.54) is 0 Å². The lowest BCUT2D eigenvalue weighted by Gasteiger charge is -2.33. The van der Waals surface area contributed by atoms with Gasteiger partial charge in [-0.2, -0.15) is 0 Å². The highest BCUT2D eigenvalue weighted by Gasteiger charge is 2.30. The van der Waals surface area contributed by atoms with Crippen LogP contribution in [-0.4, -0.2) is 35.4 Å². The summed E-state index contributed by atoms with van der Waals surface area (Å²) >= 11 is 12.1. The summed E-state index contributed by atoms with van der Waals surface area (Å²) in [6.07, 6.45) is 0.609. The molecule has 168 valence electrons. The Morgan fingerprint density at radius 2 is 1.65 bits per heavy atom. The van der Waals surface area contributed by atoms with Crippen molar-refractivity contribution in [2.45, 2.75) is 58.7 Å². The van der Waals surface area contributed by atoms with Gasteiger partial charge in [-0.15, -0.1) is 0 Å². The highest BCUT2D eigenvalue weighted by atomic mass is 35.5. The van der Waals surface area contributed by atoms with Gasteiger partial charge < -0.3 is 15.0 Å². The van der Waals surface area contributed by atoms with Crippen molar-refractivity contribution in [3.8, 4) is 5.75 Å². The SMILES string of the molecule is CC[C@@H](C(=O)NC(C)(C)C)N(Cc1ccc(OC)cc1)C(=O)Cc1ccc(Cl)c(Cl)c1. The van der Waals surface area contributed by atoms with E-state index in [1.807, 2.05) is 52.0 Å². The molecule has 0 unspecified atom stereocenters. The van der Waals surface area contributed by atoms with Gasteiger partial charge in [-0.3, -0.25) is 9.59 Å². The van der Waals surface area contributed by atoms with Crippen LogP contribution in [0.2, 0.25) is 10.0 Å². The van der Waals surface area contributed by atoms with Gasteiger partial charge in [0.05, 0.1) is 23.6 Å². The van der Waals surface area contributed by atoms with Crippen molar-refractivity contribution in [3.63, 3.8) is 0 Å². The van der Waals surface area contributed by atoms with Crippen LogP contribution in [-0.2, 0) is 22.6 Å². The molecule has 0 saturated carbocycles. The topological polar surface area (TPSA) is 58.6 Å². The molecule has 0 aliphatic heterocycles. The highest BCUT2D eigenvalue weighted by Crippen LogP contribution is 2.24. The van der Waals surface area contributed by atoms with E-state index in [4.69, 9.17) is 27.9 Å². The van der Waals surface area contributed by atoms with Crippen LogP contribution in [0.4, 0.5) is 0 Å². The van der Waals surface area contributed by atoms with E-state index in [9.17, 15) is 9.59 Å². The Balaban J connectivity index is 2.32. The molecule has 0 bridgehead atoms. The third kappa shape index (κ3) is 7.44. The molecular weight excluding hydrogens is 435 g/mol. The Kier molecular flexibility index (Phi) is 8.78. The Morgan fingerprint density at radius 1 is 1.03 bits per heavy atom. The van der Waals surface area contributed by atoms with E-state index in [1.54, 1.807) is 30.2 Å². The Morgan fingerprint density at radius 3 is 2.16 bits per heavy atom. The van der Waals surface area contributed by atoms with Crippen LogP contribution < -0.4 is 10.1 Å². The first kappa shape index (κ1) is 25.0. The van der Waals surface area contributed by atoms with Crippen molar-refractivity contribution in [2.75, 3.05) is 7.11 Å². The summed E-state index contributed by atoms with van der Waals surface area (Å²) in [5, 5.41) is 3.83. The molecule has 5 nitrogen and oxygen atoms in total. The number of hydrogen-bond donors (Lipinski definition) is 1. The number of nitrogens with one attached hydrogen (secondary N) is 1. The number of ether oxygens (including phenoxy) is 1. The molecule has 2 rings (SSSR count). The predicted molar refractivity (Wildman–Crippen MR) is 126 cm³/mol. The van der Waals surface area contributed by atoms with E-state index >= 15 is 0 Å². The molecule has 2 aromatic rings. The smallest absolute Gasteiger partial charge is 0.243 e. The summed E-state index contributed by atoms with van der Waals surface area (Å²) in [5.41, 5.74) is 1.25. The second-order valence-electron chi connectivity index (χ2n) is 8.46. The predicted octanol–water partition coefficient (Wildman–Crippen LogP) is 5.27. The third-order valence-electron chi connectivity index (χ3n) is 4.74. The maximum Gasteiger partial charge on any atom is 0.243 e. The number of amides is 2. The molecule has 1 N–H and O–H groups in total. The van der Waals surface area contributed by atoms with Crippen LogP contribution in [0.25, 0.3) is 0 Å². The molecule has 0 radical (unpaired) electrons. The summed E-state index contributed by atoms with van der Waals surface area (Å²) in [5.74, 6) is 0.395. The van der Waals surface area contributed by atoms with Gasteiger partial charge in [-0.1, -0.05) is 48.3 Å². The minimum Gasteiger partial charge on any atom is -0.497 e. The van der Waals surface area contributed by atoms with E-state index < -0.39 is 11.6 Å². The normalized spacial score (nSPS) is 12.2. The highest BCUT2D eigenvalue weighted by molar-refractivity contribution is 6.42. The first-order valence-corrected chi connectivity index (χ1v) is 11.0. The molecule has 0 aliphatic carbocycles. The van der Waals surface area contributed by atoms with Crippen molar-refractivity contribution < 1.29 is 14.3 Å². The van der Waals surface area contributed by atoms with E-state index in [0.29, 0.717) is 23.0 Å². The molecule has 0 fully saturated rings. The first-order chi connectivity index (χ1) is 14.5. The van der Waals surface area contributed by atoms with Crippen LogP contribution in [0.15, 0.2) is 42.5 Å². The average Bonchev–Trinajstić information content (AvgIpc) is 2.69. The lowest BCUT2D eigenvalue weighted by molar-refractivity contribution is -0.141. The van der Waals surface area contributed by atoms with Crippen LogP contribution in [0.1, 0.15) is 45.2 Å². The molecule has 0 spiro atoms. The van der Waals surface area contributed by atoms with Gasteiger partial charge in [0.15, 0.2) is 0 Å². The zero-order valence-electron chi connectivity index (χ0n) is 18.7. The molecule has 0 aromatic heterocycles. The van der Waals surface area contributed by atoms with Crippen LogP contribution >= 0.6 is 23.2 Å². The number of rotatable bonds is 8. The second kappa shape index (κ2) is 10.9. The van der Waals surface area contributed by atoms with Crippen molar-refractivity contribution in [1.29, 1.82) is 0 Å². The average molecular weight is 465 g/mol. The van der Waals surface area contributed by atoms with Crippen molar-refractivity contribution in [3.05, 3.63) is 63.6 Å². The van der Waals surface area contributed by atoms with Gasteiger partial charge >= 0.3 is 0 Å². The zero-order chi connectivity index (χ0) is 23.2. The number of carbonyl (C=O) groups excluding carboxylic acids is 2. The largest absolute Gasteiger partial charge is 0.497 e. The third-order valence-corrected chi connectivity index (χ3v) is 5.47. The second-order valence-corrected chi connectivity index (χ2v) is 9.27. The maximum absolute atomic E-state index is 13.4. The molecule has 0 heterocycles. The van der Waals surface area contributed by atoms with Gasteiger partial charge in [-0.25, -0.2) is 0 Å². The standard InChI is InChI=1S/C24H30Cl2N2O3/c1-6-21(23(30)27-24(2,3)4)28(15-16-7-10-18(31-5)11-8-16)22(29)14-17-9-12-19(25)20(26)13-17/h7-13,21H,6,14-15H2,1-5H3,(H,27,30)/t21-/m0/s1. The van der Waals surface area contributed by atoms with E-state index in [2.05, 4.69) is 5.32 Å². The van der Waals surface area contributed by atoms with E-state index in [-0.39, 0.29) is 18.2 Å². The fraction of sp³-hybridized carbons (Fsp3) is 0.417. The summed E-state index contributed by atoms with van der Waals surface area (Å²) in [6, 6.07) is 12.0. The number of nitrogens with zero attached hydrogens (tertiary/aromatic N) is 1. The minimum absolute atomic E-state index is 0.117. The maximum atomic E-state index is 13.4. The molecule has 1 atom stereocenters. The number of methoxy groups -OCH3 is 1. The van der Waals surface area contributed by atoms with Crippen LogP contribution in [0.3, 0.4) is 0 Å². The minimum atomic E-state index is -0.600. The molecule has 7 heteroatoms. The summed E-state index contributed by atoms with van der Waals surface area (Å²) in [6.45, 7) is 7.97. The van der Waals surface area contributed by atoms with Gasteiger partial charge in [0.25, 0.3) is 0 Å². The van der Waals surface area contributed by atoms with Crippen molar-refractivity contribution >= 4 is 35.0 Å². The number of halogens is 2. The number of carbonyl (C=O) groups is 2. The van der Waals surface area contributed by atoms with Crippen LogP contribution in [0, 0.1) is 0 Å². The Bertz CT molecular complexity index is 908. The summed E-state index contributed by atoms with van der Waals surface area (Å²) in [7, 11) is 1.60. The zero-order valence-corrected chi connectivity index (χ0v) is 20.2. The van der Waals surface area contributed by atoms with Gasteiger partial charge in [0.2, 0.25) is 11.8 Å². The molecule has 31 heavy (non-hydrogen) atoms. The fourth-order valence-electron chi connectivity index (χ4n) is 3.23. The number of benzene rings is 2. The number of hydrogen-bond acceptors (Lipinski definition) is 3. The van der Waals surface area contributed by atoms with Crippen molar-refractivity contribution in [1.82, 2.24) is 10.2 Å². The quantitative estimate of drug-likeness (QED) is 0.578. The summed E-state index contributed by atoms with van der Waals surface area (Å²) in [4.78, 5) is 28.0. The van der Waals surface area contributed by atoms with Crippen molar-refractivity contribution in [2.24, 2.45) is 0 Å². The lowest BCUT2D eigenvalue weighted by atomic mass is 10.0. The molecule has 2 amide bonds. The van der Waals surface area contributed by atoms with Gasteiger partial charge in [0.1, 0.15) is 11.8 Å². The first-order valence-electron chi connectivity index (χ1n) is 10.2. The molecular formula is C24H30Cl2N2O3. The Labute approximate surface area is 194 Å². The molecule has 0 saturated heterocycles. The van der Waals surface area contributed by atoms with Crippen LogP contribution in [0.5, 0.6) is 5.75 Å². The Hall–Kier alpha value is -2.24. The fourth-order valence-corrected chi connectivity index (χ4v) is 3.55. The van der Waals surface area contributed by atoms with E-state index in [0.717, 1.165) is 16.9 Å². The summed E-state index contributed by atoms with van der Waals surface area (Å²) < 4.78 is 5.22.